The molecule has 0 saturated heterocycles. The molecule has 0 bridgehead atoms. The predicted molar refractivity (Wildman–Crippen MR) is 106 cm³/mol. The van der Waals surface area contributed by atoms with Gasteiger partial charge in [0.15, 0.2) is 23.9 Å². The minimum absolute atomic E-state index is 0.261. The molecule has 0 heterocycles. The van der Waals surface area contributed by atoms with Crippen LogP contribution in [0.2, 0.25) is 0 Å². The fourth-order valence-electron chi connectivity index (χ4n) is 2.54. The monoisotopic (exact) mass is 386 g/mol. The number of hydrogen-bond acceptors (Lipinski definition) is 6. The predicted octanol–water partition coefficient (Wildman–Crippen LogP) is 4.19. The highest BCUT2D eigenvalue weighted by Gasteiger charge is 2.18. The molecule has 2 aromatic rings. The number of ketones is 1. The van der Waals surface area contributed by atoms with Gasteiger partial charge in [-0.15, -0.1) is 18.3 Å². The molecule has 0 atom stereocenters. The van der Waals surface area contributed by atoms with E-state index in [0.29, 0.717) is 23.5 Å². The normalized spacial score (nSPS) is 10.2. The minimum Gasteiger partial charge on any atom is -0.493 e. The summed E-state index contributed by atoms with van der Waals surface area (Å²) >= 11 is 1.59. The number of carbonyl (C=O) groups is 2. The lowest BCUT2D eigenvalue weighted by Gasteiger charge is -2.14. The molecule has 0 amide bonds. The van der Waals surface area contributed by atoms with Gasteiger partial charge in [0, 0.05) is 16.0 Å². The fraction of sp³-hybridized carbons (Fsp3) is 0.238. The molecule has 2 rings (SSSR count). The van der Waals surface area contributed by atoms with Gasteiger partial charge in [0.1, 0.15) is 0 Å². The number of carbonyl (C=O) groups excluding carboxylic acids is 2. The van der Waals surface area contributed by atoms with E-state index in [1.54, 1.807) is 36.0 Å². The van der Waals surface area contributed by atoms with E-state index in [2.05, 4.69) is 6.58 Å². The molecule has 0 radical (unpaired) electrons. The van der Waals surface area contributed by atoms with Crippen LogP contribution in [0.3, 0.4) is 0 Å². The lowest BCUT2D eigenvalue weighted by atomic mass is 10.1. The number of benzene rings is 2. The first-order valence-corrected chi connectivity index (χ1v) is 9.46. The number of ether oxygens (including phenoxy) is 3. The van der Waals surface area contributed by atoms with Gasteiger partial charge in [-0.05, 0) is 36.9 Å². The van der Waals surface area contributed by atoms with Crippen LogP contribution < -0.4 is 9.47 Å². The van der Waals surface area contributed by atoms with Crippen molar-refractivity contribution in [1.82, 2.24) is 0 Å². The summed E-state index contributed by atoms with van der Waals surface area (Å²) in [6, 6.07) is 10.3. The van der Waals surface area contributed by atoms with Gasteiger partial charge in [-0.25, -0.2) is 4.79 Å². The molecule has 6 heteroatoms. The lowest BCUT2D eigenvalue weighted by Crippen LogP contribution is -2.14. The van der Waals surface area contributed by atoms with Crippen LogP contribution in [0.4, 0.5) is 0 Å². The quantitative estimate of drug-likeness (QED) is 0.279. The number of allylic oxidation sites excluding steroid dienone is 1. The van der Waals surface area contributed by atoms with Crippen molar-refractivity contribution in [2.75, 3.05) is 27.1 Å². The van der Waals surface area contributed by atoms with Crippen molar-refractivity contribution in [1.29, 1.82) is 0 Å². The molecule has 142 valence electrons. The maximum Gasteiger partial charge on any atom is 0.338 e. The van der Waals surface area contributed by atoms with E-state index in [-0.39, 0.29) is 18.0 Å². The number of methoxy groups -OCH3 is 2. The Morgan fingerprint density at radius 3 is 2.33 bits per heavy atom. The summed E-state index contributed by atoms with van der Waals surface area (Å²) in [5.41, 5.74) is 1.54. The minimum atomic E-state index is -0.602. The van der Waals surface area contributed by atoms with Crippen LogP contribution in [0.25, 0.3) is 0 Å². The molecular weight excluding hydrogens is 364 g/mol. The Hall–Kier alpha value is -2.73. The summed E-state index contributed by atoms with van der Waals surface area (Å²) in [4.78, 5) is 25.7. The number of rotatable bonds is 9. The Bertz CT molecular complexity index is 827. The molecule has 0 spiro atoms. The van der Waals surface area contributed by atoms with Gasteiger partial charge in [-0.3, -0.25) is 4.79 Å². The SMILES string of the molecule is C=CCc1cc(C(=O)OCC(=O)c2ccc(SC)cc2)cc(OC)c1OC. The maximum absolute atomic E-state index is 12.4. The van der Waals surface area contributed by atoms with Crippen LogP contribution >= 0.6 is 11.8 Å². The zero-order valence-corrected chi connectivity index (χ0v) is 16.4. The highest BCUT2D eigenvalue weighted by molar-refractivity contribution is 7.98. The zero-order chi connectivity index (χ0) is 19.8. The molecule has 27 heavy (non-hydrogen) atoms. The van der Waals surface area contributed by atoms with E-state index >= 15 is 0 Å². The van der Waals surface area contributed by atoms with Gasteiger partial charge in [0.05, 0.1) is 19.8 Å². The van der Waals surface area contributed by atoms with Crippen LogP contribution in [0.1, 0.15) is 26.3 Å². The largest absolute Gasteiger partial charge is 0.493 e. The first-order chi connectivity index (χ1) is 13.0. The lowest BCUT2D eigenvalue weighted by molar-refractivity contribution is 0.0474. The van der Waals surface area contributed by atoms with E-state index in [1.807, 2.05) is 18.4 Å². The summed E-state index contributed by atoms with van der Waals surface area (Å²) in [5, 5.41) is 0. The fourth-order valence-corrected chi connectivity index (χ4v) is 2.95. The van der Waals surface area contributed by atoms with E-state index in [9.17, 15) is 9.59 Å². The third kappa shape index (κ3) is 5.14. The van der Waals surface area contributed by atoms with Gasteiger partial charge in [0.25, 0.3) is 0 Å². The van der Waals surface area contributed by atoms with Crippen LogP contribution in [0.5, 0.6) is 11.5 Å². The average molecular weight is 386 g/mol. The second-order valence-corrected chi connectivity index (χ2v) is 6.47. The molecule has 0 N–H and O–H groups in total. The molecule has 0 aliphatic carbocycles. The van der Waals surface area contributed by atoms with Gasteiger partial charge < -0.3 is 14.2 Å². The van der Waals surface area contributed by atoms with E-state index in [1.165, 1.54) is 20.3 Å². The van der Waals surface area contributed by atoms with Crippen LogP contribution in [-0.2, 0) is 11.2 Å². The zero-order valence-electron chi connectivity index (χ0n) is 15.6. The molecular formula is C21H22O5S. The van der Waals surface area contributed by atoms with E-state index in [4.69, 9.17) is 14.2 Å². The molecule has 0 unspecified atom stereocenters. The van der Waals surface area contributed by atoms with Crippen molar-refractivity contribution in [2.45, 2.75) is 11.3 Å². The van der Waals surface area contributed by atoms with E-state index in [0.717, 1.165) is 10.5 Å². The van der Waals surface area contributed by atoms with Gasteiger partial charge >= 0.3 is 5.97 Å². The smallest absolute Gasteiger partial charge is 0.338 e. The van der Waals surface area contributed by atoms with Crippen molar-refractivity contribution in [3.05, 3.63) is 65.7 Å². The number of esters is 1. The Morgan fingerprint density at radius 2 is 1.78 bits per heavy atom. The Balaban J connectivity index is 2.13. The molecule has 0 aliphatic rings. The Morgan fingerprint density at radius 1 is 1.07 bits per heavy atom. The second kappa shape index (κ2) is 9.83. The van der Waals surface area contributed by atoms with Crippen molar-refractivity contribution in [3.8, 4) is 11.5 Å². The topological polar surface area (TPSA) is 61.8 Å². The molecule has 5 nitrogen and oxygen atoms in total. The molecule has 0 aromatic heterocycles. The highest BCUT2D eigenvalue weighted by Crippen LogP contribution is 2.33. The molecule has 0 saturated carbocycles. The number of thioether (sulfide) groups is 1. The molecule has 0 aliphatic heterocycles. The third-order valence-electron chi connectivity index (χ3n) is 3.90. The number of Topliss-reactive ketones (excluding diaryl/α,β-unsaturated/α-hetero) is 1. The van der Waals surface area contributed by atoms with Crippen molar-refractivity contribution < 1.29 is 23.8 Å². The van der Waals surface area contributed by atoms with Crippen molar-refractivity contribution in [2.24, 2.45) is 0 Å². The van der Waals surface area contributed by atoms with Crippen LogP contribution in [-0.4, -0.2) is 38.8 Å². The third-order valence-corrected chi connectivity index (χ3v) is 4.65. The molecule has 0 fully saturated rings. The Labute approximate surface area is 163 Å². The molecule has 2 aromatic carbocycles. The first kappa shape index (κ1) is 20.6. The summed E-state index contributed by atoms with van der Waals surface area (Å²) < 4.78 is 15.8. The van der Waals surface area contributed by atoms with Crippen LogP contribution in [0, 0.1) is 0 Å². The first-order valence-electron chi connectivity index (χ1n) is 8.24. The summed E-state index contributed by atoms with van der Waals surface area (Å²) in [6.45, 7) is 3.38. The number of hydrogen-bond donors (Lipinski definition) is 0. The average Bonchev–Trinajstić information content (AvgIpc) is 2.71. The summed E-state index contributed by atoms with van der Waals surface area (Å²) in [5.74, 6) is 0.0971. The summed E-state index contributed by atoms with van der Waals surface area (Å²) in [6.07, 6.45) is 4.16. The van der Waals surface area contributed by atoms with Crippen molar-refractivity contribution >= 4 is 23.5 Å². The maximum atomic E-state index is 12.4. The van der Waals surface area contributed by atoms with Crippen LogP contribution in [0.15, 0.2) is 53.9 Å². The van der Waals surface area contributed by atoms with E-state index < -0.39 is 5.97 Å². The van der Waals surface area contributed by atoms with Gasteiger partial charge in [-0.2, -0.15) is 0 Å². The summed E-state index contributed by atoms with van der Waals surface area (Å²) in [7, 11) is 3.02. The van der Waals surface area contributed by atoms with Crippen molar-refractivity contribution in [3.63, 3.8) is 0 Å². The highest BCUT2D eigenvalue weighted by atomic mass is 32.2. The van der Waals surface area contributed by atoms with Gasteiger partial charge in [0.2, 0.25) is 0 Å². The van der Waals surface area contributed by atoms with Gasteiger partial charge in [-0.1, -0.05) is 18.2 Å². The standard InChI is InChI=1S/C21H22O5S/c1-5-6-15-11-16(12-19(24-2)20(15)25-3)21(23)26-13-18(22)14-7-9-17(27-4)10-8-14/h5,7-12H,1,6,13H2,2-4H3. The second-order valence-electron chi connectivity index (χ2n) is 5.59. The Kier molecular flexibility index (Phi) is 7.49.